The fourth-order valence-corrected chi connectivity index (χ4v) is 5.78. The maximum absolute atomic E-state index is 13.4. The fraction of sp³-hybridized carbons (Fsp3) is 0.520. The number of hydrogen-bond donors (Lipinski definition) is 2. The van der Waals surface area contributed by atoms with Crippen molar-refractivity contribution < 1.29 is 19.4 Å². The minimum absolute atomic E-state index is 0.124. The molecule has 1 aromatic carbocycles. The van der Waals surface area contributed by atoms with E-state index in [9.17, 15) is 14.7 Å². The van der Waals surface area contributed by atoms with Gasteiger partial charge in [-0.25, -0.2) is 9.97 Å². The molecule has 3 N–H and O–H groups in total. The van der Waals surface area contributed by atoms with Crippen LogP contribution in [0.2, 0.25) is 0 Å². The molecule has 0 radical (unpaired) electrons. The zero-order valence-corrected chi connectivity index (χ0v) is 18.9. The number of benzene rings is 1. The molecule has 8 nitrogen and oxygen atoms in total. The molecule has 2 fully saturated rings. The van der Waals surface area contributed by atoms with E-state index in [1.165, 1.54) is 11.9 Å². The first-order valence-electron chi connectivity index (χ1n) is 11.7. The second-order valence-corrected chi connectivity index (χ2v) is 10.1. The quantitative estimate of drug-likeness (QED) is 0.728. The maximum Gasteiger partial charge on any atom is 0.306 e. The summed E-state index contributed by atoms with van der Waals surface area (Å²) in [6.45, 7) is 3.00. The first kappa shape index (κ1) is 21.7. The van der Waals surface area contributed by atoms with Gasteiger partial charge in [-0.3, -0.25) is 9.59 Å². The van der Waals surface area contributed by atoms with Gasteiger partial charge in [0.2, 0.25) is 5.88 Å². The molecule has 2 aliphatic carbocycles. The number of carbonyl (C=O) groups is 2. The smallest absolute Gasteiger partial charge is 0.306 e. The van der Waals surface area contributed by atoms with E-state index >= 15 is 0 Å². The third-order valence-corrected chi connectivity index (χ3v) is 7.73. The highest BCUT2D eigenvalue weighted by Crippen LogP contribution is 2.57. The topological polar surface area (TPSA) is 119 Å². The number of carboxylic acid groups (broad SMARTS) is 1. The van der Waals surface area contributed by atoms with Gasteiger partial charge >= 0.3 is 5.97 Å². The van der Waals surface area contributed by atoms with E-state index < -0.39 is 5.97 Å². The molecular formula is C25H30N4O4. The van der Waals surface area contributed by atoms with Crippen LogP contribution in [0, 0.1) is 17.3 Å². The Balaban J connectivity index is 1.31. The molecule has 1 aromatic heterocycles. The summed E-state index contributed by atoms with van der Waals surface area (Å²) in [5.74, 6) is -0.0721. The van der Waals surface area contributed by atoms with Crippen LogP contribution in [0.25, 0.3) is 0 Å². The number of aromatic nitrogens is 2. The standard InChI is InChI=1S/C25H30N4O4/c1-15-12-29(23(30)20-21(26)27-14-28-22(20)33-13-15)19-4-2-16(3-5-19)17-6-8-25(9-7-17)10-18(11-25)24(31)32/h2-5,14-15,17-18H,6-13H2,1H3,(H,31,32)(H2,26,27,28). The Morgan fingerprint density at radius 3 is 2.55 bits per heavy atom. The van der Waals surface area contributed by atoms with Crippen LogP contribution >= 0.6 is 0 Å². The normalized spacial score (nSPS) is 29.4. The summed E-state index contributed by atoms with van der Waals surface area (Å²) in [4.78, 5) is 34.4. The monoisotopic (exact) mass is 450 g/mol. The molecule has 174 valence electrons. The first-order valence-corrected chi connectivity index (χ1v) is 11.7. The van der Waals surface area contributed by atoms with Crippen molar-refractivity contribution in [2.24, 2.45) is 17.3 Å². The van der Waals surface area contributed by atoms with Crippen molar-refractivity contribution in [2.45, 2.75) is 51.4 Å². The largest absolute Gasteiger partial charge is 0.481 e. The van der Waals surface area contributed by atoms with Crippen molar-refractivity contribution in [1.82, 2.24) is 9.97 Å². The Kier molecular flexibility index (Phi) is 5.46. The molecule has 1 aliphatic heterocycles. The van der Waals surface area contributed by atoms with Gasteiger partial charge in [-0.05, 0) is 67.6 Å². The number of nitrogens with zero attached hydrogens (tertiary/aromatic N) is 3. The van der Waals surface area contributed by atoms with Crippen LogP contribution in [-0.4, -0.2) is 40.1 Å². The van der Waals surface area contributed by atoms with Gasteiger partial charge in [-0.2, -0.15) is 0 Å². The molecule has 2 saturated carbocycles. The fourth-order valence-electron chi connectivity index (χ4n) is 5.78. The van der Waals surface area contributed by atoms with Crippen molar-refractivity contribution in [3.05, 3.63) is 41.7 Å². The molecule has 1 amide bonds. The summed E-state index contributed by atoms with van der Waals surface area (Å²) in [7, 11) is 0. The van der Waals surface area contributed by atoms with Crippen LogP contribution in [0.1, 0.15) is 67.3 Å². The van der Waals surface area contributed by atoms with Crippen molar-refractivity contribution >= 4 is 23.4 Å². The number of carbonyl (C=O) groups excluding carboxylic acids is 1. The molecule has 33 heavy (non-hydrogen) atoms. The molecular weight excluding hydrogens is 420 g/mol. The molecule has 3 aliphatic rings. The second kappa shape index (κ2) is 8.32. The predicted molar refractivity (Wildman–Crippen MR) is 123 cm³/mol. The number of rotatable bonds is 3. The van der Waals surface area contributed by atoms with Gasteiger partial charge in [0.1, 0.15) is 17.7 Å². The Morgan fingerprint density at radius 1 is 1.18 bits per heavy atom. The van der Waals surface area contributed by atoms with Gasteiger partial charge in [-0.15, -0.1) is 0 Å². The maximum atomic E-state index is 13.4. The lowest BCUT2D eigenvalue weighted by Crippen LogP contribution is -2.43. The van der Waals surface area contributed by atoms with Crippen LogP contribution in [0.15, 0.2) is 30.6 Å². The molecule has 0 saturated heterocycles. The average Bonchev–Trinajstić information content (AvgIpc) is 2.78. The lowest BCUT2D eigenvalue weighted by molar-refractivity contribution is -0.151. The zero-order chi connectivity index (χ0) is 23.2. The Morgan fingerprint density at radius 2 is 1.88 bits per heavy atom. The van der Waals surface area contributed by atoms with Gasteiger partial charge in [0.15, 0.2) is 0 Å². The number of amides is 1. The van der Waals surface area contributed by atoms with Gasteiger partial charge < -0.3 is 20.5 Å². The third kappa shape index (κ3) is 4.03. The van der Waals surface area contributed by atoms with E-state index in [1.807, 2.05) is 19.1 Å². The summed E-state index contributed by atoms with van der Waals surface area (Å²) in [6.07, 6.45) is 7.35. The SMILES string of the molecule is CC1COc2ncnc(N)c2C(=O)N(c2ccc(C3CCC4(CC3)CC(C(=O)O)C4)cc2)C1. The highest BCUT2D eigenvalue weighted by atomic mass is 16.5. The number of anilines is 2. The Labute approximate surface area is 193 Å². The number of nitrogens with two attached hydrogens (primary N) is 1. The second-order valence-electron chi connectivity index (χ2n) is 10.1. The van der Waals surface area contributed by atoms with Crippen molar-refractivity contribution in [3.8, 4) is 5.88 Å². The van der Waals surface area contributed by atoms with E-state index in [0.29, 0.717) is 19.1 Å². The summed E-state index contributed by atoms with van der Waals surface area (Å²) < 4.78 is 5.71. The van der Waals surface area contributed by atoms with Crippen LogP contribution in [0.5, 0.6) is 5.88 Å². The summed E-state index contributed by atoms with van der Waals surface area (Å²) in [5, 5.41) is 9.20. The molecule has 2 aromatic rings. The lowest BCUT2D eigenvalue weighted by atomic mass is 9.54. The summed E-state index contributed by atoms with van der Waals surface area (Å²) >= 11 is 0. The van der Waals surface area contributed by atoms with Gasteiger partial charge in [0, 0.05) is 18.2 Å². The highest BCUT2D eigenvalue weighted by molar-refractivity contribution is 6.10. The van der Waals surface area contributed by atoms with E-state index in [4.69, 9.17) is 10.5 Å². The summed E-state index contributed by atoms with van der Waals surface area (Å²) in [5.41, 5.74) is 8.57. The molecule has 1 unspecified atom stereocenters. The highest BCUT2D eigenvalue weighted by Gasteiger charge is 2.48. The van der Waals surface area contributed by atoms with E-state index in [2.05, 4.69) is 22.1 Å². The van der Waals surface area contributed by atoms with E-state index in [-0.39, 0.29) is 40.4 Å². The van der Waals surface area contributed by atoms with Gasteiger partial charge in [-0.1, -0.05) is 19.1 Å². The van der Waals surface area contributed by atoms with Crippen LogP contribution < -0.4 is 15.4 Å². The molecule has 1 spiro atoms. The van der Waals surface area contributed by atoms with Crippen LogP contribution in [0.4, 0.5) is 11.5 Å². The summed E-state index contributed by atoms with van der Waals surface area (Å²) in [6, 6.07) is 8.27. The average molecular weight is 451 g/mol. The first-order chi connectivity index (χ1) is 15.8. The number of aliphatic carboxylic acids is 1. The molecule has 8 heteroatoms. The molecule has 0 bridgehead atoms. The Hall–Kier alpha value is -3.16. The number of nitrogen functional groups attached to an aromatic ring is 1. The lowest BCUT2D eigenvalue weighted by Gasteiger charge is -2.50. The van der Waals surface area contributed by atoms with Gasteiger partial charge in [0.05, 0.1) is 12.5 Å². The van der Waals surface area contributed by atoms with Crippen molar-refractivity contribution in [3.63, 3.8) is 0 Å². The number of hydrogen-bond acceptors (Lipinski definition) is 6. The predicted octanol–water partition coefficient (Wildman–Crippen LogP) is 3.87. The molecule has 2 heterocycles. The van der Waals surface area contributed by atoms with Crippen LogP contribution in [0.3, 0.4) is 0 Å². The number of ether oxygens (including phenoxy) is 1. The Bertz CT molecular complexity index is 1050. The molecule has 1 atom stereocenters. The van der Waals surface area contributed by atoms with E-state index in [0.717, 1.165) is 44.2 Å². The number of carboxylic acids is 1. The van der Waals surface area contributed by atoms with Crippen molar-refractivity contribution in [1.29, 1.82) is 0 Å². The van der Waals surface area contributed by atoms with Crippen LogP contribution in [-0.2, 0) is 4.79 Å². The minimum atomic E-state index is -0.645. The zero-order valence-electron chi connectivity index (χ0n) is 18.9. The minimum Gasteiger partial charge on any atom is -0.481 e. The van der Waals surface area contributed by atoms with Gasteiger partial charge in [0.25, 0.3) is 5.91 Å². The third-order valence-electron chi connectivity index (χ3n) is 7.73. The number of fused-ring (bicyclic) bond motifs is 1. The van der Waals surface area contributed by atoms with Crippen molar-refractivity contribution in [2.75, 3.05) is 23.8 Å². The molecule has 5 rings (SSSR count). The van der Waals surface area contributed by atoms with E-state index in [1.54, 1.807) is 4.90 Å².